The Labute approximate surface area is 182 Å². The van der Waals surface area contributed by atoms with Crippen LogP contribution >= 0.6 is 34.7 Å². The molecule has 4 rings (SSSR count). The molecule has 29 heavy (non-hydrogen) atoms. The van der Waals surface area contributed by atoms with Crippen molar-refractivity contribution in [1.29, 1.82) is 0 Å². The highest BCUT2D eigenvalue weighted by atomic mass is 35.5. The molecule has 0 aliphatic heterocycles. The van der Waals surface area contributed by atoms with E-state index in [1.165, 1.54) is 16.9 Å². The van der Waals surface area contributed by atoms with Crippen molar-refractivity contribution in [2.75, 3.05) is 0 Å². The summed E-state index contributed by atoms with van der Waals surface area (Å²) in [6.45, 7) is 4.37. The van der Waals surface area contributed by atoms with Crippen molar-refractivity contribution in [1.82, 2.24) is 9.55 Å². The van der Waals surface area contributed by atoms with Crippen molar-refractivity contribution in [2.45, 2.75) is 23.9 Å². The summed E-state index contributed by atoms with van der Waals surface area (Å²) in [7, 11) is 0. The molecule has 0 atom stereocenters. The van der Waals surface area contributed by atoms with Gasteiger partial charge in [0.25, 0.3) is 5.56 Å². The summed E-state index contributed by atoms with van der Waals surface area (Å²) >= 11 is 9.02. The minimum Gasteiger partial charge on any atom is -0.286 e. The molecule has 2 aromatic heterocycles. The summed E-state index contributed by atoms with van der Waals surface area (Å²) < 4.78 is 2.51. The standard InChI is InChI=1S/C23H19ClN2OS2/c1-2-16-3-5-18(6-4-16)15-29-23-25-20-12-14-28-21(20)22(27)26(23)13-11-17-7-9-19(24)10-8-17/h2-10,12,14H,1,11,13,15H2. The van der Waals surface area contributed by atoms with Gasteiger partial charge in [0.05, 0.1) is 5.52 Å². The van der Waals surface area contributed by atoms with Crippen molar-refractivity contribution < 1.29 is 0 Å². The third-order valence-corrected chi connectivity index (χ3v) is 6.84. The quantitative estimate of drug-likeness (QED) is 0.251. The van der Waals surface area contributed by atoms with Crippen molar-refractivity contribution in [2.24, 2.45) is 0 Å². The molecule has 0 aliphatic carbocycles. The second kappa shape index (κ2) is 8.99. The van der Waals surface area contributed by atoms with Gasteiger partial charge in [0.1, 0.15) is 4.70 Å². The van der Waals surface area contributed by atoms with Crippen LogP contribution in [0.25, 0.3) is 16.3 Å². The molecule has 0 radical (unpaired) electrons. The predicted molar refractivity (Wildman–Crippen MR) is 125 cm³/mol. The Morgan fingerprint density at radius 1 is 1.07 bits per heavy atom. The highest BCUT2D eigenvalue weighted by molar-refractivity contribution is 7.98. The number of thioether (sulfide) groups is 1. The summed E-state index contributed by atoms with van der Waals surface area (Å²) in [4.78, 5) is 17.8. The number of thiophene rings is 1. The molecule has 0 spiro atoms. The summed E-state index contributed by atoms with van der Waals surface area (Å²) in [5, 5.41) is 3.39. The minimum atomic E-state index is 0.0310. The molecule has 0 amide bonds. The number of fused-ring (bicyclic) bond motifs is 1. The number of aromatic nitrogens is 2. The number of halogens is 1. The van der Waals surface area contributed by atoms with Gasteiger partial charge in [0.15, 0.2) is 5.16 Å². The van der Waals surface area contributed by atoms with Gasteiger partial charge in [0.2, 0.25) is 0 Å². The van der Waals surface area contributed by atoms with Gasteiger partial charge in [0, 0.05) is 17.3 Å². The van der Waals surface area contributed by atoms with Crippen molar-refractivity contribution in [3.63, 3.8) is 0 Å². The Morgan fingerprint density at radius 3 is 2.52 bits per heavy atom. The zero-order chi connectivity index (χ0) is 20.2. The maximum Gasteiger partial charge on any atom is 0.272 e. The van der Waals surface area contributed by atoms with Gasteiger partial charge in [-0.25, -0.2) is 4.98 Å². The Morgan fingerprint density at radius 2 is 1.79 bits per heavy atom. The van der Waals surface area contributed by atoms with E-state index in [1.807, 2.05) is 53.9 Å². The highest BCUT2D eigenvalue weighted by Gasteiger charge is 2.13. The van der Waals surface area contributed by atoms with Crippen LogP contribution in [0, 0.1) is 0 Å². The number of nitrogens with zero attached hydrogens (tertiary/aromatic N) is 2. The van der Waals surface area contributed by atoms with E-state index in [2.05, 4.69) is 18.7 Å². The lowest BCUT2D eigenvalue weighted by Gasteiger charge is -2.12. The number of rotatable bonds is 7. The summed E-state index contributed by atoms with van der Waals surface area (Å²) in [5.41, 5.74) is 4.22. The summed E-state index contributed by atoms with van der Waals surface area (Å²) in [5.74, 6) is 0.750. The number of hydrogen-bond donors (Lipinski definition) is 0. The van der Waals surface area contributed by atoms with E-state index in [1.54, 1.807) is 16.3 Å². The fourth-order valence-electron chi connectivity index (χ4n) is 3.02. The van der Waals surface area contributed by atoms with Crippen LogP contribution in [-0.4, -0.2) is 9.55 Å². The normalized spacial score (nSPS) is 11.1. The Bertz CT molecular complexity index is 1190. The third-order valence-electron chi connectivity index (χ3n) is 4.65. The number of hydrogen-bond acceptors (Lipinski definition) is 4. The lowest BCUT2D eigenvalue weighted by Crippen LogP contribution is -2.23. The zero-order valence-electron chi connectivity index (χ0n) is 15.7. The first-order valence-corrected chi connectivity index (χ1v) is 11.4. The molecule has 146 valence electrons. The second-order valence-electron chi connectivity index (χ2n) is 6.60. The number of aryl methyl sites for hydroxylation is 1. The van der Waals surface area contributed by atoms with Gasteiger partial charge in [-0.2, -0.15) is 0 Å². The lowest BCUT2D eigenvalue weighted by molar-refractivity contribution is 0.596. The van der Waals surface area contributed by atoms with Crippen LogP contribution in [-0.2, 0) is 18.7 Å². The maximum absolute atomic E-state index is 13.1. The molecular formula is C23H19ClN2OS2. The molecule has 2 aromatic carbocycles. The molecule has 3 nitrogen and oxygen atoms in total. The van der Waals surface area contributed by atoms with E-state index in [4.69, 9.17) is 16.6 Å². The van der Waals surface area contributed by atoms with Gasteiger partial charge >= 0.3 is 0 Å². The molecule has 4 aromatic rings. The van der Waals surface area contributed by atoms with E-state index in [0.717, 1.165) is 34.0 Å². The monoisotopic (exact) mass is 438 g/mol. The largest absolute Gasteiger partial charge is 0.286 e. The van der Waals surface area contributed by atoms with Gasteiger partial charge in [-0.05, 0) is 46.7 Å². The average molecular weight is 439 g/mol. The summed E-state index contributed by atoms with van der Waals surface area (Å²) in [6, 6.07) is 17.9. The molecule has 0 bridgehead atoms. The Balaban J connectivity index is 1.60. The molecule has 0 aliphatic rings. The van der Waals surface area contributed by atoms with E-state index in [-0.39, 0.29) is 5.56 Å². The van der Waals surface area contributed by atoms with Crippen LogP contribution in [0.1, 0.15) is 16.7 Å². The second-order valence-corrected chi connectivity index (χ2v) is 8.89. The van der Waals surface area contributed by atoms with Crippen LogP contribution in [0.15, 0.2) is 76.5 Å². The Hall–Kier alpha value is -2.34. The lowest BCUT2D eigenvalue weighted by atomic mass is 10.1. The molecular weight excluding hydrogens is 420 g/mol. The van der Waals surface area contributed by atoms with Gasteiger partial charge in [-0.15, -0.1) is 11.3 Å². The summed E-state index contributed by atoms with van der Waals surface area (Å²) in [6.07, 6.45) is 2.58. The zero-order valence-corrected chi connectivity index (χ0v) is 18.1. The smallest absolute Gasteiger partial charge is 0.272 e. The first kappa shape index (κ1) is 20.0. The topological polar surface area (TPSA) is 34.9 Å². The first-order chi connectivity index (χ1) is 14.1. The molecule has 0 fully saturated rings. The highest BCUT2D eigenvalue weighted by Crippen LogP contribution is 2.24. The van der Waals surface area contributed by atoms with Crippen LogP contribution in [0.5, 0.6) is 0 Å². The first-order valence-electron chi connectivity index (χ1n) is 9.21. The van der Waals surface area contributed by atoms with E-state index < -0.39 is 0 Å². The van der Waals surface area contributed by atoms with Crippen molar-refractivity contribution in [3.8, 4) is 0 Å². The molecule has 0 unspecified atom stereocenters. The van der Waals surface area contributed by atoms with Gasteiger partial charge in [-0.3, -0.25) is 9.36 Å². The van der Waals surface area contributed by atoms with E-state index in [9.17, 15) is 4.79 Å². The molecule has 0 saturated carbocycles. The van der Waals surface area contributed by atoms with Gasteiger partial charge in [-0.1, -0.05) is 72.4 Å². The molecule has 6 heteroatoms. The minimum absolute atomic E-state index is 0.0310. The SMILES string of the molecule is C=Cc1ccc(CSc2nc3ccsc3c(=O)n2CCc2ccc(Cl)cc2)cc1. The molecule has 0 N–H and O–H groups in total. The predicted octanol–water partition coefficient (Wildman–Crippen LogP) is 6.29. The van der Waals surface area contributed by atoms with Crippen LogP contribution in [0.4, 0.5) is 0 Å². The van der Waals surface area contributed by atoms with Crippen molar-refractivity contribution >= 4 is 51.0 Å². The van der Waals surface area contributed by atoms with Crippen LogP contribution < -0.4 is 5.56 Å². The van der Waals surface area contributed by atoms with Crippen molar-refractivity contribution in [3.05, 3.63) is 98.6 Å². The van der Waals surface area contributed by atoms with Gasteiger partial charge < -0.3 is 0 Å². The molecule has 2 heterocycles. The fourth-order valence-corrected chi connectivity index (χ4v) is 4.91. The maximum atomic E-state index is 13.1. The average Bonchev–Trinajstić information content (AvgIpc) is 3.22. The Kier molecular flexibility index (Phi) is 6.19. The van der Waals surface area contributed by atoms with E-state index >= 15 is 0 Å². The third kappa shape index (κ3) is 4.64. The van der Waals surface area contributed by atoms with Crippen LogP contribution in [0.3, 0.4) is 0 Å². The van der Waals surface area contributed by atoms with E-state index in [0.29, 0.717) is 16.3 Å². The fraction of sp³-hybridized carbons (Fsp3) is 0.130. The van der Waals surface area contributed by atoms with Crippen LogP contribution in [0.2, 0.25) is 5.02 Å². The molecule has 0 saturated heterocycles. The number of benzene rings is 2.